The monoisotopic (exact) mass is 385 g/mol. The molecule has 0 radical (unpaired) electrons. The van der Waals surface area contributed by atoms with E-state index in [0.717, 1.165) is 32.7 Å². The number of hydrogen-bond donors (Lipinski definition) is 1. The molecule has 1 aromatic carbocycles. The van der Waals surface area contributed by atoms with Crippen molar-refractivity contribution in [2.45, 2.75) is 0 Å². The fraction of sp³-hybridized carbons (Fsp3) is 0.500. The Hall–Kier alpha value is 0.554. The molecule has 0 bridgehead atoms. The Labute approximate surface area is 162 Å². The third-order valence-electron chi connectivity index (χ3n) is 3.35. The van der Waals surface area contributed by atoms with Crippen LogP contribution < -0.4 is 42.5 Å². The van der Waals surface area contributed by atoms with Crippen molar-refractivity contribution >= 4 is 0 Å². The van der Waals surface area contributed by atoms with E-state index in [-0.39, 0.29) is 58.9 Å². The van der Waals surface area contributed by atoms with Gasteiger partial charge in [0.25, 0.3) is 0 Å². The zero-order chi connectivity index (χ0) is 12.1. The second-order valence-corrected chi connectivity index (χ2v) is 4.71. The SMILES string of the molecule is CN1CCNC[C-](c2ccccc2)N(C)CC1.[Cl-].[Cl-].[Cl-].[Ti+4]. The van der Waals surface area contributed by atoms with Gasteiger partial charge < -0.3 is 52.3 Å². The molecule has 2 rings (SSSR count). The van der Waals surface area contributed by atoms with Crippen molar-refractivity contribution < 1.29 is 58.9 Å². The number of nitrogens with zero attached hydrogens (tertiary/aromatic N) is 2. The van der Waals surface area contributed by atoms with Gasteiger partial charge in [-0.3, -0.25) is 0 Å². The van der Waals surface area contributed by atoms with Gasteiger partial charge in [-0.05, 0) is 20.6 Å². The van der Waals surface area contributed by atoms with Crippen molar-refractivity contribution in [2.24, 2.45) is 0 Å². The van der Waals surface area contributed by atoms with Gasteiger partial charge in [0.05, 0.1) is 0 Å². The summed E-state index contributed by atoms with van der Waals surface area (Å²) in [4.78, 5) is 4.74. The molecule has 1 aliphatic heterocycles. The zero-order valence-corrected chi connectivity index (χ0v) is 16.3. The minimum absolute atomic E-state index is 0. The molecule has 118 valence electrons. The smallest absolute Gasteiger partial charge is 1.00 e. The summed E-state index contributed by atoms with van der Waals surface area (Å²) in [5.74, 6) is 0. The van der Waals surface area contributed by atoms with Crippen LogP contribution in [0.15, 0.2) is 30.3 Å². The van der Waals surface area contributed by atoms with Crippen LogP contribution >= 0.6 is 0 Å². The maximum atomic E-state index is 3.52. The number of nitrogens with one attached hydrogen (secondary N) is 1. The maximum absolute atomic E-state index is 3.52. The summed E-state index contributed by atoms with van der Waals surface area (Å²) in [5, 5.41) is 3.52. The molecule has 1 heterocycles. The van der Waals surface area contributed by atoms with Gasteiger partial charge in [-0.25, -0.2) is 0 Å². The molecule has 0 amide bonds. The fourth-order valence-corrected chi connectivity index (χ4v) is 2.13. The van der Waals surface area contributed by atoms with E-state index in [2.05, 4.69) is 59.5 Å². The van der Waals surface area contributed by atoms with E-state index in [1.165, 1.54) is 11.6 Å². The van der Waals surface area contributed by atoms with Crippen LogP contribution in [-0.4, -0.2) is 56.6 Å². The molecule has 0 spiro atoms. The number of benzene rings is 1. The molecule has 1 fully saturated rings. The van der Waals surface area contributed by atoms with Crippen LogP contribution in [0.5, 0.6) is 0 Å². The van der Waals surface area contributed by atoms with E-state index >= 15 is 0 Å². The van der Waals surface area contributed by atoms with Crippen LogP contribution in [0, 0.1) is 6.04 Å². The third-order valence-corrected chi connectivity index (χ3v) is 3.35. The van der Waals surface area contributed by atoms with E-state index < -0.39 is 0 Å². The Morgan fingerprint density at radius 1 is 0.952 bits per heavy atom. The summed E-state index contributed by atoms with van der Waals surface area (Å²) in [5.41, 5.74) is 1.33. The molecule has 1 saturated heterocycles. The fourth-order valence-electron chi connectivity index (χ4n) is 2.13. The first kappa shape index (κ1) is 26.5. The van der Waals surface area contributed by atoms with Gasteiger partial charge in [-0.2, -0.15) is 17.7 Å². The third kappa shape index (κ3) is 8.68. The van der Waals surface area contributed by atoms with Crippen molar-refractivity contribution in [3.8, 4) is 0 Å². The first-order valence-electron chi connectivity index (χ1n) is 6.29. The van der Waals surface area contributed by atoms with Gasteiger partial charge in [-0.1, -0.05) is 12.1 Å². The topological polar surface area (TPSA) is 18.5 Å². The predicted molar refractivity (Wildman–Crippen MR) is 71.8 cm³/mol. The van der Waals surface area contributed by atoms with Gasteiger partial charge in [0, 0.05) is 26.2 Å². The van der Waals surface area contributed by atoms with Crippen LogP contribution in [0.4, 0.5) is 0 Å². The van der Waals surface area contributed by atoms with Crippen LogP contribution in [0.1, 0.15) is 5.56 Å². The summed E-state index contributed by atoms with van der Waals surface area (Å²) in [6.07, 6.45) is 0. The Morgan fingerprint density at radius 2 is 1.57 bits per heavy atom. The summed E-state index contributed by atoms with van der Waals surface area (Å²) in [6, 6.07) is 12.1. The Bertz CT molecular complexity index is 343. The van der Waals surface area contributed by atoms with Crippen molar-refractivity contribution in [3.05, 3.63) is 41.9 Å². The molecule has 0 aliphatic carbocycles. The number of halogens is 3. The summed E-state index contributed by atoms with van der Waals surface area (Å²) >= 11 is 0. The molecule has 7 heteroatoms. The van der Waals surface area contributed by atoms with Crippen LogP contribution in [-0.2, 0) is 21.7 Å². The van der Waals surface area contributed by atoms with Gasteiger partial charge >= 0.3 is 21.7 Å². The van der Waals surface area contributed by atoms with Crippen molar-refractivity contribution in [1.29, 1.82) is 0 Å². The van der Waals surface area contributed by atoms with E-state index in [9.17, 15) is 0 Å². The quantitative estimate of drug-likeness (QED) is 0.382. The van der Waals surface area contributed by atoms with Crippen LogP contribution in [0.2, 0.25) is 0 Å². The molecule has 21 heavy (non-hydrogen) atoms. The largest absolute Gasteiger partial charge is 4.00 e. The Morgan fingerprint density at radius 3 is 2.19 bits per heavy atom. The number of rotatable bonds is 1. The summed E-state index contributed by atoms with van der Waals surface area (Å²) < 4.78 is 0. The molecule has 0 unspecified atom stereocenters. The van der Waals surface area contributed by atoms with Crippen molar-refractivity contribution in [2.75, 3.05) is 46.8 Å². The first-order valence-corrected chi connectivity index (χ1v) is 6.29. The summed E-state index contributed by atoms with van der Waals surface area (Å²) in [6.45, 7) is 5.34. The van der Waals surface area contributed by atoms with E-state index in [1.807, 2.05) is 0 Å². The Balaban J connectivity index is -0.000000810. The standard InChI is InChI=1S/C14H22N3.3ClH.Ti/c1-16-9-8-15-12-14(17(2)11-10-16)13-6-4-3-5-7-13;;;;/h3-7,15H,8-12H2,1-2H3;3*1H;/q-1;;;;+4/p-3. The second-order valence-electron chi connectivity index (χ2n) is 4.71. The Kier molecular flexibility index (Phi) is 17.8. The first-order chi connectivity index (χ1) is 8.27. The molecule has 0 aromatic heterocycles. The van der Waals surface area contributed by atoms with Gasteiger partial charge in [0.15, 0.2) is 0 Å². The number of hydrogen-bond acceptors (Lipinski definition) is 3. The van der Waals surface area contributed by atoms with Crippen molar-refractivity contribution in [3.63, 3.8) is 0 Å². The van der Waals surface area contributed by atoms with E-state index in [4.69, 9.17) is 0 Å². The van der Waals surface area contributed by atoms with Gasteiger partial charge in [0.2, 0.25) is 0 Å². The molecule has 3 nitrogen and oxygen atoms in total. The number of likely N-dealkylation sites (N-methyl/N-ethyl adjacent to an activating group) is 2. The van der Waals surface area contributed by atoms with Gasteiger partial charge in [0.1, 0.15) is 0 Å². The average molecular weight is 387 g/mol. The maximum Gasteiger partial charge on any atom is 4.00 e. The molecule has 1 aliphatic rings. The zero-order valence-electron chi connectivity index (χ0n) is 12.5. The average Bonchev–Trinajstić information content (AvgIpc) is 2.43. The molecular weight excluding hydrogens is 364 g/mol. The van der Waals surface area contributed by atoms with E-state index in [1.54, 1.807) is 0 Å². The van der Waals surface area contributed by atoms with Gasteiger partial charge in [-0.15, -0.1) is 12.1 Å². The summed E-state index contributed by atoms with van der Waals surface area (Å²) in [7, 11) is 4.37. The predicted octanol–water partition coefficient (Wildman–Crippen LogP) is -7.96. The molecule has 1 N–H and O–H groups in total. The van der Waals surface area contributed by atoms with Crippen molar-refractivity contribution in [1.82, 2.24) is 15.1 Å². The van der Waals surface area contributed by atoms with E-state index in [0.29, 0.717) is 0 Å². The van der Waals surface area contributed by atoms with Crippen LogP contribution in [0.25, 0.3) is 0 Å². The minimum Gasteiger partial charge on any atom is -1.00 e. The second kappa shape index (κ2) is 14.2. The molecule has 1 aromatic rings. The molecular formula is C14H22Cl3N3Ti. The minimum atomic E-state index is 0. The van der Waals surface area contributed by atoms with Crippen LogP contribution in [0.3, 0.4) is 0 Å². The molecule has 0 saturated carbocycles. The molecule has 0 atom stereocenters. The normalized spacial score (nSPS) is 16.8.